The Hall–Kier alpha value is -3.19. The number of hydrogen-bond acceptors (Lipinski definition) is 5. The summed E-state index contributed by atoms with van der Waals surface area (Å²) in [6.45, 7) is 0.0726. The first-order valence-corrected chi connectivity index (χ1v) is 8.84. The maximum Gasteiger partial charge on any atom is 0.246 e. The van der Waals surface area contributed by atoms with E-state index >= 15 is 0 Å². The fourth-order valence-corrected chi connectivity index (χ4v) is 3.54. The van der Waals surface area contributed by atoms with Crippen LogP contribution in [0, 0.1) is 0 Å². The summed E-state index contributed by atoms with van der Waals surface area (Å²) in [6, 6.07) is 12.6. The third-order valence-electron chi connectivity index (χ3n) is 4.16. The van der Waals surface area contributed by atoms with Gasteiger partial charge in [-0.3, -0.25) is 9.59 Å². The maximum atomic E-state index is 12.9. The van der Waals surface area contributed by atoms with E-state index in [1.54, 1.807) is 43.0 Å². The van der Waals surface area contributed by atoms with Gasteiger partial charge >= 0.3 is 0 Å². The van der Waals surface area contributed by atoms with E-state index in [9.17, 15) is 9.59 Å². The Morgan fingerprint density at radius 3 is 2.77 bits per heavy atom. The van der Waals surface area contributed by atoms with E-state index in [2.05, 4.69) is 10.3 Å². The molecule has 2 aromatic carbocycles. The summed E-state index contributed by atoms with van der Waals surface area (Å²) in [5.74, 6) is 0.398. The Kier molecular flexibility index (Phi) is 4.14. The second-order valence-corrected chi connectivity index (χ2v) is 6.60. The van der Waals surface area contributed by atoms with E-state index in [0.717, 1.165) is 0 Å². The lowest BCUT2D eigenvalue weighted by Gasteiger charge is -2.15. The van der Waals surface area contributed by atoms with Gasteiger partial charge in [0, 0.05) is 22.3 Å². The first kappa shape index (κ1) is 16.3. The van der Waals surface area contributed by atoms with Crippen LogP contribution in [0.2, 0.25) is 0 Å². The molecule has 0 saturated carbocycles. The van der Waals surface area contributed by atoms with Gasteiger partial charge in [0.2, 0.25) is 5.91 Å². The van der Waals surface area contributed by atoms with Crippen molar-refractivity contribution in [1.29, 1.82) is 0 Å². The van der Waals surface area contributed by atoms with Crippen molar-refractivity contribution in [3.05, 3.63) is 64.3 Å². The van der Waals surface area contributed by atoms with Crippen LogP contribution in [-0.2, 0) is 11.3 Å². The van der Waals surface area contributed by atoms with Crippen molar-refractivity contribution < 1.29 is 9.53 Å². The highest BCUT2D eigenvalue weighted by atomic mass is 32.1. The number of nitrogens with one attached hydrogen (secondary N) is 1. The summed E-state index contributed by atoms with van der Waals surface area (Å²) >= 11 is 1.36. The van der Waals surface area contributed by atoms with E-state index in [1.165, 1.54) is 11.3 Å². The van der Waals surface area contributed by atoms with Crippen molar-refractivity contribution in [3.63, 3.8) is 0 Å². The summed E-state index contributed by atoms with van der Waals surface area (Å²) in [4.78, 5) is 29.4. The lowest BCUT2D eigenvalue weighted by Crippen LogP contribution is -2.21. The monoisotopic (exact) mass is 365 g/mol. The molecule has 7 heteroatoms. The van der Waals surface area contributed by atoms with Crippen molar-refractivity contribution in [2.24, 2.45) is 0 Å². The lowest BCUT2D eigenvalue weighted by molar-refractivity contribution is -0.116. The summed E-state index contributed by atoms with van der Waals surface area (Å²) in [5.41, 5.74) is 1.32. The van der Waals surface area contributed by atoms with Gasteiger partial charge < -0.3 is 14.6 Å². The number of anilines is 1. The van der Waals surface area contributed by atoms with Crippen LogP contribution in [0.25, 0.3) is 21.8 Å². The number of pyridine rings is 1. The molecule has 0 aliphatic heterocycles. The van der Waals surface area contributed by atoms with Gasteiger partial charge in [0.15, 0.2) is 10.6 Å². The van der Waals surface area contributed by atoms with Gasteiger partial charge in [-0.05, 0) is 30.3 Å². The van der Waals surface area contributed by atoms with Gasteiger partial charge in [-0.15, -0.1) is 11.3 Å². The zero-order valence-corrected chi connectivity index (χ0v) is 14.7. The number of ether oxygens (including phenoxy) is 1. The Bertz CT molecular complexity index is 1170. The number of rotatable bonds is 4. The first-order valence-electron chi connectivity index (χ1n) is 7.96. The molecule has 1 N–H and O–H groups in total. The summed E-state index contributed by atoms with van der Waals surface area (Å²) in [5, 5.41) is 6.21. The molecule has 26 heavy (non-hydrogen) atoms. The van der Waals surface area contributed by atoms with E-state index in [1.807, 2.05) is 22.8 Å². The Labute approximate surface area is 152 Å². The normalized spacial score (nSPS) is 11.0. The van der Waals surface area contributed by atoms with Crippen LogP contribution >= 0.6 is 11.3 Å². The average Bonchev–Trinajstić information content (AvgIpc) is 3.17. The Morgan fingerprint density at radius 2 is 2.00 bits per heavy atom. The van der Waals surface area contributed by atoms with Gasteiger partial charge in [-0.2, -0.15) is 0 Å². The maximum absolute atomic E-state index is 12.9. The van der Waals surface area contributed by atoms with Gasteiger partial charge in [0.25, 0.3) is 0 Å². The fourth-order valence-electron chi connectivity index (χ4n) is 2.99. The minimum Gasteiger partial charge on any atom is -0.497 e. The molecule has 0 fully saturated rings. The van der Waals surface area contributed by atoms with Crippen molar-refractivity contribution in [1.82, 2.24) is 9.55 Å². The molecule has 0 aliphatic rings. The number of para-hydroxylation sites is 1. The molecule has 1 amide bonds. The molecular weight excluding hydrogens is 350 g/mol. The number of fused-ring (bicyclic) bond motifs is 2. The van der Waals surface area contributed by atoms with Gasteiger partial charge in [0.05, 0.1) is 18.1 Å². The van der Waals surface area contributed by atoms with E-state index in [-0.39, 0.29) is 17.9 Å². The second-order valence-electron chi connectivity index (χ2n) is 5.70. The molecule has 0 spiro atoms. The van der Waals surface area contributed by atoms with Crippen LogP contribution < -0.4 is 15.5 Å². The van der Waals surface area contributed by atoms with Crippen molar-refractivity contribution >= 4 is 44.2 Å². The van der Waals surface area contributed by atoms with Crippen LogP contribution in [0.5, 0.6) is 5.75 Å². The first-order chi connectivity index (χ1) is 12.7. The van der Waals surface area contributed by atoms with Crippen LogP contribution in [0.1, 0.15) is 0 Å². The highest BCUT2D eigenvalue weighted by Gasteiger charge is 2.14. The molecule has 0 saturated heterocycles. The SMILES string of the molecule is COc1ccc2c(c1)c(=O)c1ccccc1n2CC(=O)Nc1nccs1. The molecule has 2 heterocycles. The van der Waals surface area contributed by atoms with E-state index in [4.69, 9.17) is 4.74 Å². The summed E-state index contributed by atoms with van der Waals surface area (Å²) < 4.78 is 7.09. The molecule has 0 unspecified atom stereocenters. The predicted octanol–water partition coefficient (Wildman–Crippen LogP) is 3.26. The van der Waals surface area contributed by atoms with Gasteiger partial charge in [0.1, 0.15) is 12.3 Å². The van der Waals surface area contributed by atoms with Crippen molar-refractivity contribution in [3.8, 4) is 5.75 Å². The molecule has 0 aliphatic carbocycles. The number of carbonyl (C=O) groups excluding carboxylic acids is 1. The number of thiazole rings is 1. The number of nitrogens with zero attached hydrogens (tertiary/aromatic N) is 2. The fraction of sp³-hybridized carbons (Fsp3) is 0.105. The molecule has 6 nitrogen and oxygen atoms in total. The molecule has 0 atom stereocenters. The minimum absolute atomic E-state index is 0.0726. The quantitative estimate of drug-likeness (QED) is 0.564. The number of hydrogen-bond donors (Lipinski definition) is 1. The number of amides is 1. The van der Waals surface area contributed by atoms with Crippen LogP contribution in [0.15, 0.2) is 58.8 Å². The molecule has 0 bridgehead atoms. The summed E-state index contributed by atoms with van der Waals surface area (Å²) in [7, 11) is 1.56. The number of methoxy groups -OCH3 is 1. The second kappa shape index (κ2) is 6.61. The lowest BCUT2D eigenvalue weighted by atomic mass is 10.1. The van der Waals surface area contributed by atoms with Crippen LogP contribution in [-0.4, -0.2) is 22.6 Å². The van der Waals surface area contributed by atoms with Gasteiger partial charge in [-0.25, -0.2) is 4.98 Å². The van der Waals surface area contributed by atoms with Crippen molar-refractivity contribution in [2.45, 2.75) is 6.54 Å². The van der Waals surface area contributed by atoms with E-state index in [0.29, 0.717) is 32.7 Å². The summed E-state index contributed by atoms with van der Waals surface area (Å²) in [6.07, 6.45) is 1.64. The smallest absolute Gasteiger partial charge is 0.246 e. The molecule has 4 aromatic rings. The average molecular weight is 365 g/mol. The van der Waals surface area contributed by atoms with Crippen LogP contribution in [0.3, 0.4) is 0 Å². The Morgan fingerprint density at radius 1 is 1.19 bits per heavy atom. The standard InChI is InChI=1S/C19H15N3O3S/c1-25-12-6-7-16-14(10-12)18(24)13-4-2-3-5-15(13)22(16)11-17(23)21-19-20-8-9-26-19/h2-10H,11H2,1H3,(H,20,21,23). The molecule has 130 valence electrons. The minimum atomic E-state index is -0.203. The third-order valence-corrected chi connectivity index (χ3v) is 4.85. The molecule has 2 aromatic heterocycles. The topological polar surface area (TPSA) is 73.2 Å². The number of benzene rings is 2. The number of aromatic nitrogens is 2. The Balaban J connectivity index is 1.89. The van der Waals surface area contributed by atoms with E-state index < -0.39 is 0 Å². The van der Waals surface area contributed by atoms with Crippen molar-refractivity contribution in [2.75, 3.05) is 12.4 Å². The predicted molar refractivity (Wildman–Crippen MR) is 103 cm³/mol. The highest BCUT2D eigenvalue weighted by Crippen LogP contribution is 2.23. The molecule has 4 rings (SSSR count). The third kappa shape index (κ3) is 2.82. The highest BCUT2D eigenvalue weighted by molar-refractivity contribution is 7.13. The zero-order valence-electron chi connectivity index (χ0n) is 13.9. The van der Waals surface area contributed by atoms with Gasteiger partial charge in [-0.1, -0.05) is 12.1 Å². The largest absolute Gasteiger partial charge is 0.497 e. The molecule has 0 radical (unpaired) electrons. The van der Waals surface area contributed by atoms with Crippen LogP contribution in [0.4, 0.5) is 5.13 Å². The zero-order chi connectivity index (χ0) is 18.1. The number of carbonyl (C=O) groups is 1. The molecular formula is C19H15N3O3S.